The van der Waals surface area contributed by atoms with Crippen LogP contribution in [0, 0.1) is 10.1 Å². The summed E-state index contributed by atoms with van der Waals surface area (Å²) in [5.74, 6) is -1.46. The third-order valence-electron chi connectivity index (χ3n) is 2.98. The first-order chi connectivity index (χ1) is 10.3. The summed E-state index contributed by atoms with van der Waals surface area (Å²) >= 11 is 0. The van der Waals surface area contributed by atoms with Crippen molar-refractivity contribution in [2.75, 3.05) is 12.4 Å². The molecule has 1 aromatic carbocycles. The molecule has 1 aromatic rings. The van der Waals surface area contributed by atoms with Gasteiger partial charge in [-0.3, -0.25) is 24.5 Å². The highest BCUT2D eigenvalue weighted by Crippen LogP contribution is 2.17. The summed E-state index contributed by atoms with van der Waals surface area (Å²) in [6.45, 7) is -0.364. The zero-order valence-corrected chi connectivity index (χ0v) is 12.1. The SMILES string of the molecule is O=C1CCC(=O)N1OCCS(=O)(=O)c1ccc([N+](=O)[O-])cc1. The van der Waals surface area contributed by atoms with Crippen molar-refractivity contribution >= 4 is 27.3 Å². The number of rotatable bonds is 6. The minimum Gasteiger partial charge on any atom is -0.272 e. The predicted molar refractivity (Wildman–Crippen MR) is 72.2 cm³/mol. The van der Waals surface area contributed by atoms with Crippen molar-refractivity contribution in [3.63, 3.8) is 0 Å². The number of sulfone groups is 1. The minimum atomic E-state index is -3.73. The van der Waals surface area contributed by atoms with Crippen molar-refractivity contribution in [1.29, 1.82) is 0 Å². The first-order valence-corrected chi connectivity index (χ1v) is 7.92. The number of amides is 2. The van der Waals surface area contributed by atoms with E-state index in [4.69, 9.17) is 4.84 Å². The van der Waals surface area contributed by atoms with Crippen molar-refractivity contribution in [1.82, 2.24) is 5.06 Å². The summed E-state index contributed by atoms with van der Waals surface area (Å²) in [5.41, 5.74) is -0.219. The summed E-state index contributed by atoms with van der Waals surface area (Å²) < 4.78 is 24.0. The molecule has 118 valence electrons. The molecule has 1 saturated heterocycles. The van der Waals surface area contributed by atoms with Gasteiger partial charge in [-0.25, -0.2) is 8.42 Å². The Morgan fingerprint density at radius 1 is 1.14 bits per heavy atom. The molecule has 0 atom stereocenters. The lowest BCUT2D eigenvalue weighted by molar-refractivity contribution is -0.384. The quantitative estimate of drug-likeness (QED) is 0.422. The number of non-ortho nitro benzene ring substituents is 1. The Hall–Kier alpha value is -2.33. The molecule has 1 fully saturated rings. The number of hydrogen-bond acceptors (Lipinski definition) is 7. The predicted octanol–water partition coefficient (Wildman–Crippen LogP) is 0.449. The zero-order valence-electron chi connectivity index (χ0n) is 11.3. The van der Waals surface area contributed by atoms with Crippen molar-refractivity contribution in [3.05, 3.63) is 34.4 Å². The maximum Gasteiger partial charge on any atom is 0.269 e. The molecule has 22 heavy (non-hydrogen) atoms. The van der Waals surface area contributed by atoms with Crippen LogP contribution in [0.1, 0.15) is 12.8 Å². The van der Waals surface area contributed by atoms with Crippen LogP contribution in [0.5, 0.6) is 0 Å². The van der Waals surface area contributed by atoms with Gasteiger partial charge in [0.2, 0.25) is 0 Å². The van der Waals surface area contributed by atoms with Gasteiger partial charge in [0, 0.05) is 25.0 Å². The lowest BCUT2D eigenvalue weighted by Crippen LogP contribution is -2.31. The van der Waals surface area contributed by atoms with Crippen LogP contribution in [-0.2, 0) is 24.3 Å². The lowest BCUT2D eigenvalue weighted by atomic mass is 10.3. The molecule has 9 nitrogen and oxygen atoms in total. The molecule has 2 amide bonds. The molecular formula is C12H12N2O7S. The largest absolute Gasteiger partial charge is 0.272 e. The van der Waals surface area contributed by atoms with E-state index in [9.17, 15) is 28.1 Å². The third kappa shape index (κ3) is 3.46. The summed E-state index contributed by atoms with van der Waals surface area (Å²) in [4.78, 5) is 37.2. The maximum atomic E-state index is 12.0. The maximum absolute atomic E-state index is 12.0. The second-order valence-corrected chi connectivity index (χ2v) is 6.59. The highest BCUT2D eigenvalue weighted by Gasteiger charge is 2.30. The summed E-state index contributed by atoms with van der Waals surface area (Å²) in [5, 5.41) is 11.1. The van der Waals surface area contributed by atoms with Gasteiger partial charge in [0.15, 0.2) is 9.84 Å². The molecule has 0 unspecified atom stereocenters. The van der Waals surface area contributed by atoms with Gasteiger partial charge in [0.05, 0.1) is 22.2 Å². The minimum absolute atomic E-state index is 0.0495. The smallest absolute Gasteiger partial charge is 0.269 e. The standard InChI is InChI=1S/C12H12N2O7S/c15-11-5-6-12(16)13(11)21-7-8-22(19,20)10-3-1-9(2-4-10)14(17)18/h1-4H,5-8H2. The first-order valence-electron chi connectivity index (χ1n) is 6.27. The number of nitrogens with zero attached hydrogens (tertiary/aromatic N) is 2. The van der Waals surface area contributed by atoms with Crippen molar-refractivity contribution in [2.24, 2.45) is 0 Å². The molecule has 0 saturated carbocycles. The van der Waals surface area contributed by atoms with E-state index in [0.29, 0.717) is 5.06 Å². The monoisotopic (exact) mass is 328 g/mol. The van der Waals surface area contributed by atoms with E-state index in [1.54, 1.807) is 0 Å². The average Bonchev–Trinajstić information content (AvgIpc) is 2.79. The molecule has 1 aliphatic heterocycles. The number of nitro groups is 1. The fourth-order valence-corrected chi connectivity index (χ4v) is 2.91. The second kappa shape index (κ2) is 6.20. The molecule has 0 radical (unpaired) electrons. The summed E-state index contributed by atoms with van der Waals surface area (Å²) in [6, 6.07) is 4.42. The molecule has 0 spiro atoms. The second-order valence-electron chi connectivity index (χ2n) is 4.48. The number of carbonyl (C=O) groups is 2. The number of imide groups is 1. The van der Waals surface area contributed by atoms with Crippen LogP contribution in [0.3, 0.4) is 0 Å². The van der Waals surface area contributed by atoms with Crippen LogP contribution in [-0.4, -0.2) is 42.6 Å². The van der Waals surface area contributed by atoms with Gasteiger partial charge < -0.3 is 0 Å². The molecule has 0 N–H and O–H groups in total. The van der Waals surface area contributed by atoms with Gasteiger partial charge in [-0.2, -0.15) is 5.06 Å². The molecule has 10 heteroatoms. The normalized spacial score (nSPS) is 15.4. The molecule has 0 aliphatic carbocycles. The highest BCUT2D eigenvalue weighted by atomic mass is 32.2. The number of hydroxylamine groups is 2. The van der Waals surface area contributed by atoms with Crippen LogP contribution in [0.25, 0.3) is 0 Å². The van der Waals surface area contributed by atoms with Crippen LogP contribution >= 0.6 is 0 Å². The molecule has 1 heterocycles. The molecule has 2 rings (SSSR count). The van der Waals surface area contributed by atoms with Crippen molar-refractivity contribution < 1.29 is 27.8 Å². The third-order valence-corrected chi connectivity index (χ3v) is 4.68. The van der Waals surface area contributed by atoms with Crippen LogP contribution in [0.2, 0.25) is 0 Å². The first kappa shape index (κ1) is 16.0. The van der Waals surface area contributed by atoms with Gasteiger partial charge in [-0.1, -0.05) is 0 Å². The van der Waals surface area contributed by atoms with Crippen LogP contribution < -0.4 is 0 Å². The fraction of sp³-hybridized carbons (Fsp3) is 0.333. The Bertz CT molecular complexity index is 695. The van der Waals surface area contributed by atoms with Gasteiger partial charge in [-0.15, -0.1) is 0 Å². The lowest BCUT2D eigenvalue weighted by Gasteiger charge is -2.13. The van der Waals surface area contributed by atoms with E-state index in [0.717, 1.165) is 24.3 Å². The summed E-state index contributed by atoms with van der Waals surface area (Å²) in [6.07, 6.45) is 0.0991. The Kier molecular flexibility index (Phi) is 4.52. The summed E-state index contributed by atoms with van der Waals surface area (Å²) in [7, 11) is -3.73. The molecule has 0 bridgehead atoms. The van der Waals surface area contributed by atoms with Crippen molar-refractivity contribution in [2.45, 2.75) is 17.7 Å². The fourth-order valence-electron chi connectivity index (χ4n) is 1.83. The number of carbonyl (C=O) groups excluding carboxylic acids is 2. The highest BCUT2D eigenvalue weighted by molar-refractivity contribution is 7.91. The number of benzene rings is 1. The average molecular weight is 328 g/mol. The molecular weight excluding hydrogens is 316 g/mol. The van der Waals surface area contributed by atoms with E-state index < -0.39 is 32.3 Å². The van der Waals surface area contributed by atoms with E-state index >= 15 is 0 Å². The topological polar surface area (TPSA) is 124 Å². The van der Waals surface area contributed by atoms with E-state index in [-0.39, 0.29) is 30.0 Å². The molecule has 0 aromatic heterocycles. The van der Waals surface area contributed by atoms with Crippen LogP contribution in [0.4, 0.5) is 5.69 Å². The number of hydrogen-bond donors (Lipinski definition) is 0. The van der Waals surface area contributed by atoms with E-state index in [1.807, 2.05) is 0 Å². The zero-order chi connectivity index (χ0) is 16.3. The molecule has 1 aliphatic rings. The van der Waals surface area contributed by atoms with Gasteiger partial charge in [0.25, 0.3) is 17.5 Å². The van der Waals surface area contributed by atoms with Crippen LogP contribution in [0.15, 0.2) is 29.2 Å². The van der Waals surface area contributed by atoms with Crippen molar-refractivity contribution in [3.8, 4) is 0 Å². The Labute approximate surface area is 125 Å². The van der Waals surface area contributed by atoms with E-state index in [1.165, 1.54) is 0 Å². The van der Waals surface area contributed by atoms with Gasteiger partial charge in [0.1, 0.15) is 0 Å². The van der Waals surface area contributed by atoms with Gasteiger partial charge >= 0.3 is 0 Å². The Morgan fingerprint density at radius 2 is 1.68 bits per heavy atom. The number of nitro benzene ring substituents is 1. The Morgan fingerprint density at radius 3 is 2.18 bits per heavy atom. The Balaban J connectivity index is 1.97. The van der Waals surface area contributed by atoms with Gasteiger partial charge in [-0.05, 0) is 12.1 Å². The van der Waals surface area contributed by atoms with E-state index in [2.05, 4.69) is 0 Å².